The van der Waals surface area contributed by atoms with Gasteiger partial charge in [-0.05, 0) is 61.7 Å². The van der Waals surface area contributed by atoms with E-state index in [0.717, 1.165) is 4.90 Å². The maximum absolute atomic E-state index is 13.2. The van der Waals surface area contributed by atoms with Crippen LogP contribution in [0.4, 0.5) is 11.4 Å². The van der Waals surface area contributed by atoms with E-state index in [4.69, 9.17) is 14.2 Å². The van der Waals surface area contributed by atoms with E-state index in [1.807, 2.05) is 6.26 Å². The molecule has 1 N–H and O–H groups in total. The minimum atomic E-state index is -3.80. The first kappa shape index (κ1) is 27.9. The number of carbonyl (C=O) groups is 2. The second-order valence-electron chi connectivity index (χ2n) is 7.59. The molecule has 0 saturated heterocycles. The number of amides is 1. The van der Waals surface area contributed by atoms with Crippen molar-refractivity contribution in [3.63, 3.8) is 0 Å². The Morgan fingerprint density at radius 2 is 1.51 bits per heavy atom. The predicted octanol–water partition coefficient (Wildman–Crippen LogP) is 4.68. The van der Waals surface area contributed by atoms with E-state index >= 15 is 0 Å². The van der Waals surface area contributed by atoms with Gasteiger partial charge in [-0.1, -0.05) is 0 Å². The van der Waals surface area contributed by atoms with Crippen molar-refractivity contribution < 1.29 is 32.2 Å². The number of hydrogen-bond acceptors (Lipinski definition) is 8. The molecule has 0 spiro atoms. The Bertz CT molecular complexity index is 1370. The van der Waals surface area contributed by atoms with Crippen molar-refractivity contribution in [3.8, 4) is 11.5 Å². The smallest absolute Gasteiger partial charge is 0.340 e. The number of thioether (sulfide) groups is 1. The third-order valence-corrected chi connectivity index (χ3v) is 8.19. The highest BCUT2D eigenvalue weighted by atomic mass is 32.2. The van der Waals surface area contributed by atoms with E-state index < -0.39 is 21.9 Å². The third kappa shape index (κ3) is 6.00. The molecule has 1 amide bonds. The topological polar surface area (TPSA) is 111 Å². The Balaban J connectivity index is 1.88. The molecule has 9 nitrogen and oxygen atoms in total. The molecule has 3 aromatic rings. The third-order valence-electron chi connectivity index (χ3n) is 5.53. The molecular weight excluding hydrogens is 516 g/mol. The number of nitrogens with zero attached hydrogens (tertiary/aromatic N) is 1. The number of anilines is 2. The summed E-state index contributed by atoms with van der Waals surface area (Å²) in [6.45, 7) is 1.94. The Kier molecular flexibility index (Phi) is 9.06. The molecule has 196 valence electrons. The summed E-state index contributed by atoms with van der Waals surface area (Å²) < 4.78 is 43.1. The molecular formula is C26H28N2O7S2. The van der Waals surface area contributed by atoms with Gasteiger partial charge in [0, 0.05) is 29.1 Å². The van der Waals surface area contributed by atoms with Gasteiger partial charge < -0.3 is 19.5 Å². The summed E-state index contributed by atoms with van der Waals surface area (Å²) in [4.78, 5) is 26.4. The lowest BCUT2D eigenvalue weighted by atomic mass is 10.1. The summed E-state index contributed by atoms with van der Waals surface area (Å²) in [5.74, 6) is -0.562. The van der Waals surface area contributed by atoms with Gasteiger partial charge in [-0.3, -0.25) is 9.10 Å². The molecule has 37 heavy (non-hydrogen) atoms. The zero-order chi connectivity index (χ0) is 27.2. The van der Waals surface area contributed by atoms with Crippen LogP contribution >= 0.6 is 11.8 Å². The van der Waals surface area contributed by atoms with E-state index in [2.05, 4.69) is 5.32 Å². The Morgan fingerprint density at radius 3 is 2.03 bits per heavy atom. The molecule has 0 heterocycles. The van der Waals surface area contributed by atoms with Crippen LogP contribution in [0.5, 0.6) is 11.5 Å². The van der Waals surface area contributed by atoms with E-state index in [9.17, 15) is 18.0 Å². The van der Waals surface area contributed by atoms with Crippen LogP contribution in [-0.2, 0) is 14.8 Å². The van der Waals surface area contributed by atoms with Crippen molar-refractivity contribution in [2.24, 2.45) is 0 Å². The van der Waals surface area contributed by atoms with Crippen molar-refractivity contribution in [1.82, 2.24) is 0 Å². The molecule has 0 saturated carbocycles. The van der Waals surface area contributed by atoms with E-state index in [0.29, 0.717) is 17.2 Å². The van der Waals surface area contributed by atoms with Crippen LogP contribution in [0.25, 0.3) is 0 Å². The van der Waals surface area contributed by atoms with Gasteiger partial charge in [0.2, 0.25) is 0 Å². The minimum Gasteiger partial charge on any atom is -0.493 e. The predicted molar refractivity (Wildman–Crippen MR) is 144 cm³/mol. The average molecular weight is 545 g/mol. The summed E-state index contributed by atoms with van der Waals surface area (Å²) in [5, 5.41) is 2.69. The van der Waals surface area contributed by atoms with Crippen LogP contribution < -0.4 is 19.1 Å². The molecule has 0 unspecified atom stereocenters. The molecule has 0 fully saturated rings. The fourth-order valence-electron chi connectivity index (χ4n) is 3.60. The number of methoxy groups -OCH3 is 3. The highest BCUT2D eigenvalue weighted by Crippen LogP contribution is 2.34. The summed E-state index contributed by atoms with van der Waals surface area (Å²) in [6, 6.07) is 15.7. The van der Waals surface area contributed by atoms with Crippen LogP contribution in [0, 0.1) is 0 Å². The zero-order valence-corrected chi connectivity index (χ0v) is 22.7. The van der Waals surface area contributed by atoms with Crippen molar-refractivity contribution in [1.29, 1.82) is 0 Å². The second kappa shape index (κ2) is 12.0. The monoisotopic (exact) mass is 544 g/mol. The van der Waals surface area contributed by atoms with Crippen LogP contribution in [0.1, 0.15) is 27.6 Å². The lowest BCUT2D eigenvalue weighted by Gasteiger charge is -2.23. The van der Waals surface area contributed by atoms with Gasteiger partial charge in [-0.2, -0.15) is 0 Å². The fraction of sp³-hybridized carbons (Fsp3) is 0.231. The van der Waals surface area contributed by atoms with E-state index in [1.54, 1.807) is 43.3 Å². The lowest BCUT2D eigenvalue weighted by molar-refractivity contribution is 0.0601. The molecule has 0 bridgehead atoms. The van der Waals surface area contributed by atoms with Gasteiger partial charge >= 0.3 is 5.97 Å². The van der Waals surface area contributed by atoms with Gasteiger partial charge in [-0.15, -0.1) is 11.8 Å². The maximum Gasteiger partial charge on any atom is 0.340 e. The number of esters is 1. The van der Waals surface area contributed by atoms with Gasteiger partial charge in [0.1, 0.15) is 0 Å². The van der Waals surface area contributed by atoms with Crippen LogP contribution in [0.15, 0.2) is 70.5 Å². The van der Waals surface area contributed by atoms with Crippen LogP contribution in [0.2, 0.25) is 0 Å². The first-order valence-electron chi connectivity index (χ1n) is 11.1. The first-order valence-corrected chi connectivity index (χ1v) is 13.8. The summed E-state index contributed by atoms with van der Waals surface area (Å²) >= 11 is 1.53. The van der Waals surface area contributed by atoms with Crippen LogP contribution in [-0.4, -0.2) is 54.4 Å². The Hall–Kier alpha value is -3.70. The van der Waals surface area contributed by atoms with E-state index in [-0.39, 0.29) is 28.3 Å². The number of rotatable bonds is 10. The summed E-state index contributed by atoms with van der Waals surface area (Å²) in [7, 11) is 0.297. The highest BCUT2D eigenvalue weighted by Gasteiger charge is 2.24. The average Bonchev–Trinajstić information content (AvgIpc) is 2.92. The molecule has 0 aliphatic heterocycles. The van der Waals surface area contributed by atoms with Gasteiger partial charge in [-0.25, -0.2) is 13.2 Å². The quantitative estimate of drug-likeness (QED) is 0.289. The molecule has 3 rings (SSSR count). The largest absolute Gasteiger partial charge is 0.493 e. The number of benzene rings is 3. The number of nitrogens with one attached hydrogen (secondary N) is 1. The summed E-state index contributed by atoms with van der Waals surface area (Å²) in [6.07, 6.45) is 1.92. The molecule has 3 aromatic carbocycles. The molecule has 11 heteroatoms. The SMILES string of the molecule is CCN(c1ccc(C(=O)Nc2cc(OC)c(OC)cc2C(=O)OC)cc1)S(=O)(=O)c1ccc(SC)cc1. The standard InChI is InChI=1S/C26H28N2O7S2/c1-6-28(37(31,32)20-13-11-19(36-5)12-14-20)18-9-7-17(8-10-18)25(29)27-22-16-24(34-3)23(33-2)15-21(22)26(30)35-4/h7-16H,6H2,1-5H3,(H,27,29). The van der Waals surface area contributed by atoms with Gasteiger partial charge in [0.25, 0.3) is 15.9 Å². The number of carbonyl (C=O) groups excluding carboxylic acids is 2. The molecule has 0 aromatic heterocycles. The zero-order valence-electron chi connectivity index (χ0n) is 21.1. The van der Waals surface area contributed by atoms with Gasteiger partial charge in [0.05, 0.1) is 43.2 Å². The maximum atomic E-state index is 13.2. The lowest BCUT2D eigenvalue weighted by Crippen LogP contribution is -2.30. The molecule has 0 radical (unpaired) electrons. The Labute approximate surface area is 220 Å². The number of hydrogen-bond donors (Lipinski definition) is 1. The van der Waals surface area contributed by atoms with Crippen molar-refractivity contribution >= 4 is 45.0 Å². The van der Waals surface area contributed by atoms with Gasteiger partial charge in [0.15, 0.2) is 11.5 Å². The highest BCUT2D eigenvalue weighted by molar-refractivity contribution is 7.98. The normalized spacial score (nSPS) is 10.9. The fourth-order valence-corrected chi connectivity index (χ4v) is 5.48. The molecule has 0 aliphatic rings. The van der Waals surface area contributed by atoms with Crippen molar-refractivity contribution in [2.45, 2.75) is 16.7 Å². The van der Waals surface area contributed by atoms with Crippen molar-refractivity contribution in [3.05, 3.63) is 71.8 Å². The summed E-state index contributed by atoms with van der Waals surface area (Å²) in [5.41, 5.74) is 0.923. The van der Waals surface area contributed by atoms with Crippen molar-refractivity contribution in [2.75, 3.05) is 43.8 Å². The molecule has 0 atom stereocenters. The number of ether oxygens (including phenoxy) is 3. The van der Waals surface area contributed by atoms with E-state index in [1.165, 1.54) is 61.7 Å². The first-order chi connectivity index (χ1) is 17.7. The Morgan fingerprint density at radius 1 is 0.919 bits per heavy atom. The number of sulfonamides is 1. The second-order valence-corrected chi connectivity index (χ2v) is 10.3. The minimum absolute atomic E-state index is 0.0841. The molecule has 0 aliphatic carbocycles. The van der Waals surface area contributed by atoms with Crippen LogP contribution in [0.3, 0.4) is 0 Å².